The number of H-pyrrole nitrogens is 1. The third-order valence-corrected chi connectivity index (χ3v) is 2.37. The molecule has 1 aliphatic rings. The number of nitrogens with two attached hydrogens (primary N) is 1. The number of nitrogen functional groups attached to an aromatic ring is 1. The van der Waals surface area contributed by atoms with Crippen LogP contribution in [0.2, 0.25) is 0 Å². The third-order valence-electron chi connectivity index (χ3n) is 2.37. The molecule has 0 spiro atoms. The summed E-state index contributed by atoms with van der Waals surface area (Å²) in [5.41, 5.74) is 8.00. The molecule has 12 heavy (non-hydrogen) atoms. The number of fused-ring (bicyclic) bond motifs is 1. The fourth-order valence-electron chi connectivity index (χ4n) is 1.69. The Labute approximate surface area is 70.6 Å². The van der Waals surface area contributed by atoms with Gasteiger partial charge in [0.15, 0.2) is 0 Å². The van der Waals surface area contributed by atoms with Crippen LogP contribution in [-0.4, -0.2) is 4.98 Å². The standard InChI is InChI=1S/C9H12N2O/c10-7-5-6-3-1-2-4-8(6)11-9(7)12/h5H,1-4,10H2,(H,11,12). The number of hydrogen-bond donors (Lipinski definition) is 2. The van der Waals surface area contributed by atoms with Crippen molar-refractivity contribution >= 4 is 5.69 Å². The van der Waals surface area contributed by atoms with Crippen molar-refractivity contribution in [2.24, 2.45) is 0 Å². The van der Waals surface area contributed by atoms with Crippen molar-refractivity contribution in [3.63, 3.8) is 0 Å². The monoisotopic (exact) mass is 164 g/mol. The Morgan fingerprint density at radius 1 is 1.33 bits per heavy atom. The molecule has 0 amide bonds. The Hall–Kier alpha value is -1.25. The summed E-state index contributed by atoms with van der Waals surface area (Å²) in [4.78, 5) is 13.9. The van der Waals surface area contributed by atoms with E-state index < -0.39 is 0 Å². The molecule has 0 unspecified atom stereocenters. The van der Waals surface area contributed by atoms with Gasteiger partial charge >= 0.3 is 0 Å². The lowest BCUT2D eigenvalue weighted by molar-refractivity contribution is 0.666. The van der Waals surface area contributed by atoms with Gasteiger partial charge in [-0.15, -0.1) is 0 Å². The van der Waals surface area contributed by atoms with E-state index in [0.29, 0.717) is 5.69 Å². The summed E-state index contributed by atoms with van der Waals surface area (Å²) in [6.07, 6.45) is 4.42. The van der Waals surface area contributed by atoms with Crippen molar-refractivity contribution < 1.29 is 0 Å². The van der Waals surface area contributed by atoms with Gasteiger partial charge in [0.25, 0.3) is 5.56 Å². The predicted molar refractivity (Wildman–Crippen MR) is 48.1 cm³/mol. The van der Waals surface area contributed by atoms with Gasteiger partial charge in [-0.3, -0.25) is 4.79 Å². The molecule has 1 aromatic heterocycles. The van der Waals surface area contributed by atoms with Crippen molar-refractivity contribution in [3.8, 4) is 0 Å². The molecule has 0 atom stereocenters. The molecule has 3 N–H and O–H groups in total. The summed E-state index contributed by atoms with van der Waals surface area (Å²) in [7, 11) is 0. The van der Waals surface area contributed by atoms with E-state index >= 15 is 0 Å². The van der Waals surface area contributed by atoms with E-state index in [4.69, 9.17) is 5.73 Å². The molecule has 0 radical (unpaired) electrons. The van der Waals surface area contributed by atoms with E-state index in [2.05, 4.69) is 4.98 Å². The minimum atomic E-state index is -0.143. The van der Waals surface area contributed by atoms with Crippen LogP contribution in [0.25, 0.3) is 0 Å². The Bertz CT molecular complexity index is 354. The quantitative estimate of drug-likeness (QED) is 0.596. The van der Waals surface area contributed by atoms with Gasteiger partial charge in [0.1, 0.15) is 0 Å². The maximum Gasteiger partial charge on any atom is 0.271 e. The van der Waals surface area contributed by atoms with Crippen LogP contribution in [0.5, 0.6) is 0 Å². The number of hydrogen-bond acceptors (Lipinski definition) is 2. The fourth-order valence-corrected chi connectivity index (χ4v) is 1.69. The zero-order valence-electron chi connectivity index (χ0n) is 6.89. The molecule has 1 heterocycles. The minimum absolute atomic E-state index is 0.143. The van der Waals surface area contributed by atoms with E-state index in [1.165, 1.54) is 18.4 Å². The molecule has 0 bridgehead atoms. The van der Waals surface area contributed by atoms with E-state index in [0.717, 1.165) is 18.5 Å². The second-order valence-corrected chi connectivity index (χ2v) is 3.26. The minimum Gasteiger partial charge on any atom is -0.394 e. The summed E-state index contributed by atoms with van der Waals surface area (Å²) >= 11 is 0. The molecule has 0 fully saturated rings. The first-order valence-electron chi connectivity index (χ1n) is 4.28. The first kappa shape index (κ1) is 7.40. The van der Waals surface area contributed by atoms with Crippen LogP contribution < -0.4 is 11.3 Å². The van der Waals surface area contributed by atoms with Crippen LogP contribution in [0.4, 0.5) is 5.69 Å². The number of aromatic amines is 1. The van der Waals surface area contributed by atoms with Crippen molar-refractivity contribution in [3.05, 3.63) is 27.7 Å². The number of nitrogens with one attached hydrogen (secondary N) is 1. The maximum atomic E-state index is 11.1. The van der Waals surface area contributed by atoms with E-state index in [-0.39, 0.29) is 5.56 Å². The highest BCUT2D eigenvalue weighted by Crippen LogP contribution is 2.18. The highest BCUT2D eigenvalue weighted by atomic mass is 16.1. The van der Waals surface area contributed by atoms with Crippen LogP contribution in [-0.2, 0) is 12.8 Å². The third kappa shape index (κ3) is 1.11. The summed E-state index contributed by atoms with van der Waals surface area (Å²) in [6.45, 7) is 0. The highest BCUT2D eigenvalue weighted by molar-refractivity contribution is 5.40. The Morgan fingerprint density at radius 3 is 2.92 bits per heavy atom. The van der Waals surface area contributed by atoms with Gasteiger partial charge in [-0.1, -0.05) is 0 Å². The van der Waals surface area contributed by atoms with Gasteiger partial charge in [0.05, 0.1) is 5.69 Å². The second kappa shape index (κ2) is 2.66. The van der Waals surface area contributed by atoms with Crippen LogP contribution in [0, 0.1) is 0 Å². The molecule has 0 aromatic carbocycles. The molecule has 1 aromatic rings. The first-order chi connectivity index (χ1) is 5.77. The van der Waals surface area contributed by atoms with Crippen LogP contribution in [0.3, 0.4) is 0 Å². The van der Waals surface area contributed by atoms with Crippen molar-refractivity contribution in [1.82, 2.24) is 4.98 Å². The summed E-state index contributed by atoms with van der Waals surface area (Å²) < 4.78 is 0. The van der Waals surface area contributed by atoms with Gasteiger partial charge in [0.2, 0.25) is 0 Å². The molecule has 3 nitrogen and oxygen atoms in total. The molecule has 0 saturated heterocycles. The Balaban J connectivity index is 2.56. The average Bonchev–Trinajstić information content (AvgIpc) is 2.07. The van der Waals surface area contributed by atoms with Gasteiger partial charge in [-0.2, -0.15) is 0 Å². The van der Waals surface area contributed by atoms with Crippen molar-refractivity contribution in [1.29, 1.82) is 0 Å². The fraction of sp³-hybridized carbons (Fsp3) is 0.444. The molecular weight excluding hydrogens is 152 g/mol. The van der Waals surface area contributed by atoms with Crippen molar-refractivity contribution in [2.45, 2.75) is 25.7 Å². The number of pyridine rings is 1. The van der Waals surface area contributed by atoms with Crippen molar-refractivity contribution in [2.75, 3.05) is 5.73 Å². The summed E-state index contributed by atoms with van der Waals surface area (Å²) in [5, 5.41) is 0. The van der Waals surface area contributed by atoms with Crippen LogP contribution in [0.1, 0.15) is 24.1 Å². The number of rotatable bonds is 0. The molecule has 0 aliphatic heterocycles. The first-order valence-corrected chi connectivity index (χ1v) is 4.28. The van der Waals surface area contributed by atoms with Gasteiger partial charge < -0.3 is 10.7 Å². The molecule has 0 saturated carbocycles. The van der Waals surface area contributed by atoms with E-state index in [9.17, 15) is 4.79 Å². The lowest BCUT2D eigenvalue weighted by Crippen LogP contribution is -2.17. The van der Waals surface area contributed by atoms with Gasteiger partial charge in [-0.05, 0) is 37.3 Å². The van der Waals surface area contributed by atoms with Gasteiger partial charge in [0, 0.05) is 5.69 Å². The smallest absolute Gasteiger partial charge is 0.271 e. The summed E-state index contributed by atoms with van der Waals surface area (Å²) in [6, 6.07) is 1.81. The zero-order valence-corrected chi connectivity index (χ0v) is 6.89. The Kier molecular flexibility index (Phi) is 1.64. The largest absolute Gasteiger partial charge is 0.394 e. The van der Waals surface area contributed by atoms with Gasteiger partial charge in [-0.25, -0.2) is 0 Å². The molecule has 64 valence electrons. The number of aromatic nitrogens is 1. The van der Waals surface area contributed by atoms with E-state index in [1.54, 1.807) is 0 Å². The predicted octanol–water partition coefficient (Wildman–Crippen LogP) is 0.836. The lowest BCUT2D eigenvalue weighted by Gasteiger charge is -2.14. The number of aryl methyl sites for hydroxylation is 2. The van der Waals surface area contributed by atoms with Crippen LogP contribution >= 0.6 is 0 Å². The highest BCUT2D eigenvalue weighted by Gasteiger charge is 2.10. The average molecular weight is 164 g/mol. The Morgan fingerprint density at radius 2 is 2.08 bits per heavy atom. The van der Waals surface area contributed by atoms with Crippen LogP contribution in [0.15, 0.2) is 10.9 Å². The molecular formula is C9H12N2O. The molecule has 3 heteroatoms. The molecule has 2 rings (SSSR count). The second-order valence-electron chi connectivity index (χ2n) is 3.26. The topological polar surface area (TPSA) is 58.9 Å². The zero-order chi connectivity index (χ0) is 8.55. The summed E-state index contributed by atoms with van der Waals surface area (Å²) in [5.74, 6) is 0. The normalized spacial score (nSPS) is 15.7. The van der Waals surface area contributed by atoms with E-state index in [1.807, 2.05) is 6.07 Å². The molecule has 1 aliphatic carbocycles. The lowest BCUT2D eigenvalue weighted by atomic mass is 9.96. The number of anilines is 1. The SMILES string of the molecule is Nc1cc2c([nH]c1=O)CCCC2. The maximum absolute atomic E-state index is 11.1.